The van der Waals surface area contributed by atoms with Gasteiger partial charge in [0.1, 0.15) is 0 Å². The minimum Gasteiger partial charge on any atom is -0.323 e. The van der Waals surface area contributed by atoms with Gasteiger partial charge in [0.05, 0.1) is 4.90 Å². The topological polar surface area (TPSA) is 72.2 Å². The maximum absolute atomic E-state index is 12.2. The molecule has 0 aliphatic carbocycles. The van der Waals surface area contributed by atoms with E-state index in [0.717, 1.165) is 5.56 Å². The second kappa shape index (κ2) is 6.17. The predicted molar refractivity (Wildman–Crippen MR) is 79.7 cm³/mol. The van der Waals surface area contributed by atoms with Crippen LogP contribution in [0.5, 0.6) is 0 Å². The predicted octanol–water partition coefficient (Wildman–Crippen LogP) is 1.97. The summed E-state index contributed by atoms with van der Waals surface area (Å²) in [6.07, 6.45) is 0. The first-order valence-electron chi connectivity index (χ1n) is 6.36. The molecule has 1 unspecified atom stereocenters. The van der Waals surface area contributed by atoms with Crippen LogP contribution in [-0.2, 0) is 10.0 Å². The zero-order valence-corrected chi connectivity index (χ0v) is 12.1. The molecule has 0 aliphatic rings. The van der Waals surface area contributed by atoms with Crippen LogP contribution >= 0.6 is 0 Å². The Bertz CT molecular complexity index is 669. The number of nitrogens with two attached hydrogens (primary N) is 1. The lowest BCUT2D eigenvalue weighted by Gasteiger charge is -2.14. The molecule has 0 aromatic heterocycles. The van der Waals surface area contributed by atoms with Gasteiger partial charge in [-0.05, 0) is 24.1 Å². The van der Waals surface area contributed by atoms with Crippen molar-refractivity contribution in [3.8, 4) is 0 Å². The van der Waals surface area contributed by atoms with E-state index in [1.54, 1.807) is 25.1 Å². The zero-order chi connectivity index (χ0) is 14.6. The van der Waals surface area contributed by atoms with Gasteiger partial charge in [0.2, 0.25) is 10.0 Å². The van der Waals surface area contributed by atoms with Gasteiger partial charge in [-0.2, -0.15) is 0 Å². The lowest BCUT2D eigenvalue weighted by Crippen LogP contribution is -2.32. The van der Waals surface area contributed by atoms with Crippen molar-refractivity contribution < 1.29 is 8.42 Å². The Morgan fingerprint density at radius 1 is 1.05 bits per heavy atom. The Hall–Kier alpha value is -1.69. The third kappa shape index (κ3) is 3.45. The van der Waals surface area contributed by atoms with E-state index in [9.17, 15) is 8.42 Å². The molecule has 1 atom stereocenters. The summed E-state index contributed by atoms with van der Waals surface area (Å²) < 4.78 is 27.0. The number of rotatable bonds is 5. The summed E-state index contributed by atoms with van der Waals surface area (Å²) in [7, 11) is -3.52. The van der Waals surface area contributed by atoms with E-state index < -0.39 is 10.0 Å². The number of hydrogen-bond donors (Lipinski definition) is 2. The third-order valence-corrected chi connectivity index (χ3v) is 4.69. The summed E-state index contributed by atoms with van der Waals surface area (Å²) in [6.45, 7) is 1.94. The standard InChI is InChI=1S/C15H18N2O2S/c1-12-7-5-6-10-15(12)20(18,19)17-11-14(16)13-8-3-2-4-9-13/h2-10,14,17H,11,16H2,1H3. The lowest BCUT2D eigenvalue weighted by molar-refractivity contribution is 0.571. The molecule has 2 rings (SSSR count). The first kappa shape index (κ1) is 14.7. The van der Waals surface area contributed by atoms with Crippen LogP contribution < -0.4 is 10.5 Å². The average molecular weight is 290 g/mol. The van der Waals surface area contributed by atoms with Gasteiger partial charge in [-0.3, -0.25) is 0 Å². The summed E-state index contributed by atoms with van der Waals surface area (Å²) in [5, 5.41) is 0. The van der Waals surface area contributed by atoms with Crippen molar-refractivity contribution in [1.29, 1.82) is 0 Å². The van der Waals surface area contributed by atoms with Gasteiger partial charge in [-0.25, -0.2) is 13.1 Å². The summed E-state index contributed by atoms with van der Waals surface area (Å²) >= 11 is 0. The van der Waals surface area contributed by atoms with E-state index >= 15 is 0 Å². The molecule has 4 nitrogen and oxygen atoms in total. The largest absolute Gasteiger partial charge is 0.323 e. The van der Waals surface area contributed by atoms with Crippen LogP contribution in [-0.4, -0.2) is 15.0 Å². The average Bonchev–Trinajstić information content (AvgIpc) is 2.46. The van der Waals surface area contributed by atoms with Crippen LogP contribution in [0.25, 0.3) is 0 Å². The molecule has 0 saturated heterocycles. The molecule has 0 bridgehead atoms. The summed E-state index contributed by atoms with van der Waals surface area (Å²) in [5.41, 5.74) is 7.61. The van der Waals surface area contributed by atoms with Gasteiger partial charge in [-0.15, -0.1) is 0 Å². The first-order chi connectivity index (χ1) is 9.50. The van der Waals surface area contributed by atoms with Gasteiger partial charge in [-0.1, -0.05) is 48.5 Å². The maximum atomic E-state index is 12.2. The molecule has 0 saturated carbocycles. The van der Waals surface area contributed by atoms with Gasteiger partial charge in [0.25, 0.3) is 0 Å². The molecular weight excluding hydrogens is 272 g/mol. The Labute approximate surface area is 119 Å². The van der Waals surface area contributed by atoms with E-state index in [-0.39, 0.29) is 12.6 Å². The fourth-order valence-electron chi connectivity index (χ4n) is 1.95. The Balaban J connectivity index is 2.09. The Morgan fingerprint density at radius 3 is 2.30 bits per heavy atom. The number of nitrogens with one attached hydrogen (secondary N) is 1. The number of sulfonamides is 1. The van der Waals surface area contributed by atoms with Crippen LogP contribution in [0.3, 0.4) is 0 Å². The SMILES string of the molecule is Cc1ccccc1S(=O)(=O)NCC(N)c1ccccc1. The smallest absolute Gasteiger partial charge is 0.240 e. The highest BCUT2D eigenvalue weighted by Gasteiger charge is 2.17. The normalized spacial score (nSPS) is 13.1. The Kier molecular flexibility index (Phi) is 4.54. The number of benzene rings is 2. The van der Waals surface area contributed by atoms with Gasteiger partial charge in [0, 0.05) is 12.6 Å². The highest BCUT2D eigenvalue weighted by Crippen LogP contribution is 2.15. The molecular formula is C15H18N2O2S. The second-order valence-electron chi connectivity index (χ2n) is 4.63. The van der Waals surface area contributed by atoms with Crippen molar-refractivity contribution in [3.63, 3.8) is 0 Å². The molecule has 0 heterocycles. The minimum atomic E-state index is -3.52. The molecule has 3 N–H and O–H groups in total. The minimum absolute atomic E-state index is 0.167. The van der Waals surface area contributed by atoms with E-state index in [4.69, 9.17) is 5.73 Å². The molecule has 2 aromatic rings. The van der Waals surface area contributed by atoms with E-state index in [0.29, 0.717) is 10.5 Å². The van der Waals surface area contributed by atoms with Crippen molar-refractivity contribution in [3.05, 3.63) is 65.7 Å². The first-order valence-corrected chi connectivity index (χ1v) is 7.85. The number of hydrogen-bond acceptors (Lipinski definition) is 3. The second-order valence-corrected chi connectivity index (χ2v) is 6.37. The fourth-order valence-corrected chi connectivity index (χ4v) is 3.26. The van der Waals surface area contributed by atoms with Crippen molar-refractivity contribution in [1.82, 2.24) is 4.72 Å². The molecule has 2 aromatic carbocycles. The summed E-state index contributed by atoms with van der Waals surface area (Å²) in [5.74, 6) is 0. The molecule has 0 aliphatic heterocycles. The monoisotopic (exact) mass is 290 g/mol. The van der Waals surface area contributed by atoms with Crippen LogP contribution in [0.4, 0.5) is 0 Å². The summed E-state index contributed by atoms with van der Waals surface area (Å²) in [6, 6.07) is 15.9. The molecule has 0 fully saturated rings. The van der Waals surface area contributed by atoms with Crippen molar-refractivity contribution in [2.45, 2.75) is 17.9 Å². The van der Waals surface area contributed by atoms with Crippen molar-refractivity contribution >= 4 is 10.0 Å². The zero-order valence-electron chi connectivity index (χ0n) is 11.3. The fraction of sp³-hybridized carbons (Fsp3) is 0.200. The number of aryl methyl sites for hydroxylation is 1. The highest BCUT2D eigenvalue weighted by atomic mass is 32.2. The summed E-state index contributed by atoms with van der Waals surface area (Å²) in [4.78, 5) is 0.292. The van der Waals surface area contributed by atoms with Crippen LogP contribution in [0.15, 0.2) is 59.5 Å². The van der Waals surface area contributed by atoms with Gasteiger partial charge >= 0.3 is 0 Å². The lowest BCUT2D eigenvalue weighted by atomic mass is 10.1. The van der Waals surface area contributed by atoms with Crippen LogP contribution in [0.2, 0.25) is 0 Å². The Morgan fingerprint density at radius 2 is 1.65 bits per heavy atom. The van der Waals surface area contributed by atoms with E-state index in [1.165, 1.54) is 0 Å². The highest BCUT2D eigenvalue weighted by molar-refractivity contribution is 7.89. The molecule has 5 heteroatoms. The van der Waals surface area contributed by atoms with Crippen molar-refractivity contribution in [2.75, 3.05) is 6.54 Å². The maximum Gasteiger partial charge on any atom is 0.240 e. The van der Waals surface area contributed by atoms with E-state index in [1.807, 2.05) is 36.4 Å². The van der Waals surface area contributed by atoms with Crippen LogP contribution in [0.1, 0.15) is 17.2 Å². The van der Waals surface area contributed by atoms with Gasteiger partial charge in [0.15, 0.2) is 0 Å². The quantitative estimate of drug-likeness (QED) is 0.884. The van der Waals surface area contributed by atoms with E-state index in [2.05, 4.69) is 4.72 Å². The molecule has 0 amide bonds. The molecule has 20 heavy (non-hydrogen) atoms. The third-order valence-electron chi connectivity index (χ3n) is 3.10. The van der Waals surface area contributed by atoms with Crippen molar-refractivity contribution in [2.24, 2.45) is 5.73 Å². The molecule has 0 spiro atoms. The molecule has 0 radical (unpaired) electrons. The van der Waals surface area contributed by atoms with Crippen LogP contribution in [0, 0.1) is 6.92 Å². The molecule has 106 valence electrons. The van der Waals surface area contributed by atoms with Gasteiger partial charge < -0.3 is 5.73 Å².